The highest BCUT2D eigenvalue weighted by molar-refractivity contribution is 5.19. The third-order valence-corrected chi connectivity index (χ3v) is 3.65. The summed E-state index contributed by atoms with van der Waals surface area (Å²) in [5.41, 5.74) is 0.951. The summed E-state index contributed by atoms with van der Waals surface area (Å²) in [5, 5.41) is 14.0. The van der Waals surface area contributed by atoms with Crippen molar-refractivity contribution in [3.63, 3.8) is 0 Å². The topological polar surface area (TPSA) is 50.7 Å². The first-order valence-corrected chi connectivity index (χ1v) is 7.38. The Labute approximate surface area is 121 Å². The number of nitrogens with one attached hydrogen (secondary N) is 1. The van der Waals surface area contributed by atoms with Gasteiger partial charge >= 0.3 is 0 Å². The van der Waals surface area contributed by atoms with Crippen LogP contribution in [-0.2, 0) is 9.47 Å². The largest absolute Gasteiger partial charge is 0.387 e. The molecule has 112 valence electrons. The lowest BCUT2D eigenvalue weighted by molar-refractivity contribution is -0.0473. The molecule has 2 atom stereocenters. The summed E-state index contributed by atoms with van der Waals surface area (Å²) in [6.45, 7) is 6.38. The molecule has 4 nitrogen and oxygen atoms in total. The Morgan fingerprint density at radius 1 is 1.20 bits per heavy atom. The number of aliphatic hydroxyl groups excluding tert-OH is 1. The molecule has 0 aliphatic carbocycles. The van der Waals surface area contributed by atoms with Crippen LogP contribution in [0.15, 0.2) is 30.3 Å². The molecular formula is C16H25NO3. The van der Waals surface area contributed by atoms with Crippen molar-refractivity contribution < 1.29 is 14.6 Å². The molecule has 20 heavy (non-hydrogen) atoms. The average molecular weight is 279 g/mol. The van der Waals surface area contributed by atoms with E-state index in [0.29, 0.717) is 19.1 Å². The molecule has 1 aromatic rings. The highest BCUT2D eigenvalue weighted by Crippen LogP contribution is 2.21. The molecule has 0 spiro atoms. The van der Waals surface area contributed by atoms with Gasteiger partial charge < -0.3 is 19.9 Å². The molecule has 2 rings (SSSR count). The minimum Gasteiger partial charge on any atom is -0.387 e. The summed E-state index contributed by atoms with van der Waals surface area (Å²) < 4.78 is 10.8. The zero-order valence-corrected chi connectivity index (χ0v) is 12.3. The molecule has 2 N–H and O–H groups in total. The Hall–Kier alpha value is -0.940. The maximum atomic E-state index is 10.5. The van der Waals surface area contributed by atoms with Crippen LogP contribution < -0.4 is 5.32 Å². The monoisotopic (exact) mass is 279 g/mol. The van der Waals surface area contributed by atoms with Crippen molar-refractivity contribution in [1.29, 1.82) is 0 Å². The lowest BCUT2D eigenvalue weighted by Crippen LogP contribution is -2.40. The summed E-state index contributed by atoms with van der Waals surface area (Å²) in [6, 6.07) is 9.82. The van der Waals surface area contributed by atoms with Gasteiger partial charge in [-0.1, -0.05) is 44.2 Å². The Balaban J connectivity index is 1.86. The molecule has 1 aromatic carbocycles. The van der Waals surface area contributed by atoms with Gasteiger partial charge in [0.05, 0.1) is 19.3 Å². The van der Waals surface area contributed by atoms with Gasteiger partial charge in [0.2, 0.25) is 0 Å². The van der Waals surface area contributed by atoms with Crippen LogP contribution in [0.3, 0.4) is 0 Å². The normalized spacial score (nSPS) is 19.4. The van der Waals surface area contributed by atoms with Gasteiger partial charge in [-0.15, -0.1) is 0 Å². The van der Waals surface area contributed by atoms with Crippen LogP contribution >= 0.6 is 0 Å². The van der Waals surface area contributed by atoms with E-state index in [-0.39, 0.29) is 12.3 Å². The summed E-state index contributed by atoms with van der Waals surface area (Å²) in [4.78, 5) is 0. The number of rotatable bonds is 7. The first kappa shape index (κ1) is 15.4. The molecule has 4 heteroatoms. The number of hydrogen-bond acceptors (Lipinski definition) is 4. The van der Waals surface area contributed by atoms with Crippen LogP contribution in [0.2, 0.25) is 0 Å². The smallest absolute Gasteiger partial charge is 0.159 e. The molecule has 0 bridgehead atoms. The van der Waals surface area contributed by atoms with Crippen molar-refractivity contribution in [2.75, 3.05) is 19.8 Å². The standard InChI is InChI=1S/C16H25NO3/c1-12(2)15(16(18)13-6-4-3-5-7-13)17-9-8-14-19-10-11-20-14/h3-7,12,14-18H,8-11H2,1-2H3/t15-,16-/m1/s1. The van der Waals surface area contributed by atoms with Crippen molar-refractivity contribution in [3.05, 3.63) is 35.9 Å². The first-order valence-electron chi connectivity index (χ1n) is 7.38. The van der Waals surface area contributed by atoms with Gasteiger partial charge in [0, 0.05) is 19.0 Å². The highest BCUT2D eigenvalue weighted by Gasteiger charge is 2.24. The Kier molecular flexibility index (Phi) is 5.98. The zero-order valence-electron chi connectivity index (χ0n) is 12.3. The third-order valence-electron chi connectivity index (χ3n) is 3.65. The fraction of sp³-hybridized carbons (Fsp3) is 0.625. The maximum absolute atomic E-state index is 10.5. The second-order valence-electron chi connectivity index (χ2n) is 5.54. The Bertz CT molecular complexity index is 377. The molecule has 0 saturated carbocycles. The van der Waals surface area contributed by atoms with Crippen molar-refractivity contribution in [2.24, 2.45) is 5.92 Å². The highest BCUT2D eigenvalue weighted by atomic mass is 16.7. The summed E-state index contributed by atoms with van der Waals surface area (Å²) in [5.74, 6) is 0.343. The zero-order chi connectivity index (χ0) is 14.4. The molecule has 0 radical (unpaired) electrons. The second-order valence-corrected chi connectivity index (χ2v) is 5.54. The predicted octanol–water partition coefficient (Wildman–Crippen LogP) is 2.10. The van der Waals surface area contributed by atoms with Gasteiger partial charge in [0.15, 0.2) is 6.29 Å². The minimum absolute atomic E-state index is 0.0267. The molecule has 1 heterocycles. The number of hydrogen-bond donors (Lipinski definition) is 2. The van der Waals surface area contributed by atoms with Gasteiger partial charge in [0.1, 0.15) is 0 Å². The van der Waals surface area contributed by atoms with Crippen molar-refractivity contribution in [1.82, 2.24) is 5.32 Å². The molecular weight excluding hydrogens is 254 g/mol. The molecule has 1 aliphatic heterocycles. The van der Waals surface area contributed by atoms with Crippen molar-refractivity contribution in [2.45, 2.75) is 38.7 Å². The van der Waals surface area contributed by atoms with E-state index in [1.54, 1.807) is 0 Å². The van der Waals surface area contributed by atoms with Crippen LogP contribution in [0.25, 0.3) is 0 Å². The average Bonchev–Trinajstić information content (AvgIpc) is 2.97. The van der Waals surface area contributed by atoms with Gasteiger partial charge in [-0.05, 0) is 11.5 Å². The van der Waals surface area contributed by atoms with Crippen LogP contribution in [0.5, 0.6) is 0 Å². The number of benzene rings is 1. The van der Waals surface area contributed by atoms with E-state index >= 15 is 0 Å². The molecule has 1 saturated heterocycles. The molecule has 0 aromatic heterocycles. The first-order chi connectivity index (χ1) is 9.68. The van der Waals surface area contributed by atoms with E-state index in [2.05, 4.69) is 19.2 Å². The Morgan fingerprint density at radius 2 is 1.85 bits per heavy atom. The van der Waals surface area contributed by atoms with Crippen LogP contribution in [0.4, 0.5) is 0 Å². The fourth-order valence-corrected chi connectivity index (χ4v) is 2.51. The van der Waals surface area contributed by atoms with Crippen LogP contribution in [0.1, 0.15) is 31.9 Å². The van der Waals surface area contributed by atoms with E-state index in [0.717, 1.165) is 18.5 Å². The number of aliphatic hydroxyl groups is 1. The van der Waals surface area contributed by atoms with Crippen LogP contribution in [0, 0.1) is 5.92 Å². The fourth-order valence-electron chi connectivity index (χ4n) is 2.51. The van der Waals surface area contributed by atoms with E-state index in [4.69, 9.17) is 9.47 Å². The van der Waals surface area contributed by atoms with Gasteiger partial charge in [-0.2, -0.15) is 0 Å². The second kappa shape index (κ2) is 7.74. The lowest BCUT2D eigenvalue weighted by Gasteiger charge is -2.28. The Morgan fingerprint density at radius 3 is 2.45 bits per heavy atom. The van der Waals surface area contributed by atoms with Gasteiger partial charge in [-0.3, -0.25) is 0 Å². The lowest BCUT2D eigenvalue weighted by atomic mass is 9.93. The van der Waals surface area contributed by atoms with Gasteiger partial charge in [0.25, 0.3) is 0 Å². The molecule has 0 amide bonds. The van der Waals surface area contributed by atoms with Crippen molar-refractivity contribution >= 4 is 0 Å². The van der Waals surface area contributed by atoms with Crippen molar-refractivity contribution in [3.8, 4) is 0 Å². The SMILES string of the molecule is CC(C)[C@@H](NCCC1OCCO1)[C@H](O)c1ccccc1. The number of ether oxygens (including phenoxy) is 2. The van der Waals surface area contributed by atoms with E-state index in [1.807, 2.05) is 30.3 Å². The molecule has 1 aliphatic rings. The molecule has 1 fully saturated rings. The third kappa shape index (κ3) is 4.28. The summed E-state index contributed by atoms with van der Waals surface area (Å²) in [6.07, 6.45) is 0.218. The van der Waals surface area contributed by atoms with E-state index in [9.17, 15) is 5.11 Å². The summed E-state index contributed by atoms with van der Waals surface area (Å²) in [7, 11) is 0. The predicted molar refractivity (Wildman–Crippen MR) is 78.3 cm³/mol. The van der Waals surface area contributed by atoms with Gasteiger partial charge in [-0.25, -0.2) is 0 Å². The quantitative estimate of drug-likeness (QED) is 0.802. The summed E-state index contributed by atoms with van der Waals surface area (Å²) >= 11 is 0. The maximum Gasteiger partial charge on any atom is 0.159 e. The van der Waals surface area contributed by atoms with E-state index in [1.165, 1.54) is 0 Å². The minimum atomic E-state index is -0.499. The van der Waals surface area contributed by atoms with Crippen LogP contribution in [-0.4, -0.2) is 37.2 Å². The molecule has 0 unspecified atom stereocenters. The van der Waals surface area contributed by atoms with E-state index < -0.39 is 6.10 Å².